The van der Waals surface area contributed by atoms with E-state index in [0.717, 1.165) is 23.6 Å². The molecule has 5 nitrogen and oxygen atoms in total. The topological polar surface area (TPSA) is 63.1 Å². The summed E-state index contributed by atoms with van der Waals surface area (Å²) in [6.45, 7) is 2.76. The van der Waals surface area contributed by atoms with Gasteiger partial charge in [0.25, 0.3) is 5.56 Å². The maximum Gasteiger partial charge on any atom is 0.274 e. The van der Waals surface area contributed by atoms with E-state index in [1.165, 1.54) is 4.57 Å². The van der Waals surface area contributed by atoms with Crippen LogP contribution in [0.4, 0.5) is 5.69 Å². The molecule has 1 aromatic heterocycles. The molecule has 0 aromatic carbocycles. The van der Waals surface area contributed by atoms with Crippen LogP contribution < -0.4 is 16.2 Å². The van der Waals surface area contributed by atoms with Crippen LogP contribution in [0.25, 0.3) is 0 Å². The molecule has 2 heterocycles. The zero-order valence-corrected chi connectivity index (χ0v) is 12.0. The van der Waals surface area contributed by atoms with Gasteiger partial charge < -0.3 is 15.2 Å². The largest absolute Gasteiger partial charge is 0.321 e. The lowest BCUT2D eigenvalue weighted by atomic mass is 10.2. The van der Waals surface area contributed by atoms with Crippen molar-refractivity contribution in [3.05, 3.63) is 28.2 Å². The molecule has 1 fully saturated rings. The molecule has 1 saturated heterocycles. The molecular weight excluding hydrogens is 262 g/mol. The minimum atomic E-state index is -0.167. The van der Waals surface area contributed by atoms with Crippen molar-refractivity contribution in [3.63, 3.8) is 0 Å². The van der Waals surface area contributed by atoms with Crippen LogP contribution in [0.3, 0.4) is 0 Å². The van der Waals surface area contributed by atoms with E-state index in [0.29, 0.717) is 12.1 Å². The van der Waals surface area contributed by atoms with Gasteiger partial charge in [-0.3, -0.25) is 9.59 Å². The Morgan fingerprint density at radius 1 is 1.63 bits per heavy atom. The molecule has 1 atom stereocenters. The summed E-state index contributed by atoms with van der Waals surface area (Å²) in [6, 6.07) is 2.03. The third kappa shape index (κ3) is 3.61. The van der Waals surface area contributed by atoms with E-state index in [1.807, 2.05) is 24.8 Å². The summed E-state index contributed by atoms with van der Waals surface area (Å²) in [5.41, 5.74) is 1.01. The standard InChI is InChI=1S/C13H19N3O2S/c1-9-3-5-16(2)13(18)12(9)15-11(17)7-10-8-19-6-4-14-10/h3,5,10,14H,4,6-8H2,1-2H3,(H,15,17). The Balaban J connectivity index is 2.02. The molecule has 1 aromatic rings. The second kappa shape index (κ2) is 6.25. The molecule has 1 unspecified atom stereocenters. The molecule has 0 aliphatic carbocycles. The highest BCUT2D eigenvalue weighted by Crippen LogP contribution is 2.12. The van der Waals surface area contributed by atoms with Gasteiger partial charge in [0.2, 0.25) is 5.91 Å². The lowest BCUT2D eigenvalue weighted by Crippen LogP contribution is -2.40. The van der Waals surface area contributed by atoms with Crippen LogP contribution in [0.5, 0.6) is 0 Å². The fourth-order valence-electron chi connectivity index (χ4n) is 2.04. The summed E-state index contributed by atoms with van der Waals surface area (Å²) >= 11 is 1.85. The molecule has 1 aliphatic heterocycles. The second-order valence-corrected chi connectivity index (χ2v) is 5.92. The Hall–Kier alpha value is -1.27. The fourth-order valence-corrected chi connectivity index (χ4v) is 2.99. The summed E-state index contributed by atoms with van der Waals surface area (Å²) in [5.74, 6) is 1.93. The average Bonchev–Trinajstić information content (AvgIpc) is 2.40. The molecule has 2 rings (SSSR count). The summed E-state index contributed by atoms with van der Waals surface area (Å²) in [5, 5.41) is 6.06. The van der Waals surface area contributed by atoms with Crippen LogP contribution >= 0.6 is 11.8 Å². The average molecular weight is 281 g/mol. The first-order valence-corrected chi connectivity index (χ1v) is 7.50. The lowest BCUT2D eigenvalue weighted by Gasteiger charge is -2.22. The van der Waals surface area contributed by atoms with E-state index in [-0.39, 0.29) is 17.5 Å². The molecular formula is C13H19N3O2S. The number of hydrogen-bond donors (Lipinski definition) is 2. The minimum absolute atomic E-state index is 0.105. The van der Waals surface area contributed by atoms with E-state index in [1.54, 1.807) is 13.2 Å². The first-order valence-electron chi connectivity index (χ1n) is 6.35. The number of hydrogen-bond acceptors (Lipinski definition) is 4. The number of aromatic nitrogens is 1. The molecule has 0 saturated carbocycles. The Bertz CT molecular complexity index is 521. The highest BCUT2D eigenvalue weighted by molar-refractivity contribution is 7.99. The lowest BCUT2D eigenvalue weighted by molar-refractivity contribution is -0.116. The fraction of sp³-hybridized carbons (Fsp3) is 0.538. The molecule has 1 amide bonds. The predicted molar refractivity (Wildman–Crippen MR) is 78.8 cm³/mol. The maximum absolute atomic E-state index is 12.0. The van der Waals surface area contributed by atoms with Crippen LogP contribution in [0.15, 0.2) is 17.1 Å². The second-order valence-electron chi connectivity index (χ2n) is 4.77. The Kier molecular flexibility index (Phi) is 4.66. The number of amides is 1. The van der Waals surface area contributed by atoms with Crippen LogP contribution in [-0.2, 0) is 11.8 Å². The minimum Gasteiger partial charge on any atom is -0.321 e. The van der Waals surface area contributed by atoms with Gasteiger partial charge in [-0.1, -0.05) is 0 Å². The highest BCUT2D eigenvalue weighted by atomic mass is 32.2. The molecule has 0 spiro atoms. The Labute approximate surface area is 116 Å². The summed E-state index contributed by atoms with van der Waals surface area (Å²) in [6.07, 6.45) is 2.11. The zero-order valence-electron chi connectivity index (χ0n) is 11.2. The van der Waals surface area contributed by atoms with Gasteiger partial charge in [0.1, 0.15) is 5.69 Å². The molecule has 0 bridgehead atoms. The van der Waals surface area contributed by atoms with Gasteiger partial charge in [-0.05, 0) is 18.6 Å². The molecule has 19 heavy (non-hydrogen) atoms. The van der Waals surface area contributed by atoms with Crippen molar-refractivity contribution in [3.8, 4) is 0 Å². The number of carbonyl (C=O) groups is 1. The van der Waals surface area contributed by atoms with E-state index < -0.39 is 0 Å². The monoisotopic (exact) mass is 281 g/mol. The van der Waals surface area contributed by atoms with Gasteiger partial charge in [-0.15, -0.1) is 0 Å². The van der Waals surface area contributed by atoms with Crippen LogP contribution in [0.1, 0.15) is 12.0 Å². The molecule has 2 N–H and O–H groups in total. The molecule has 1 aliphatic rings. The van der Waals surface area contributed by atoms with Crippen molar-refractivity contribution in [2.45, 2.75) is 19.4 Å². The van der Waals surface area contributed by atoms with Gasteiger partial charge in [-0.2, -0.15) is 11.8 Å². The van der Waals surface area contributed by atoms with Crippen LogP contribution in [-0.4, -0.2) is 34.6 Å². The Morgan fingerprint density at radius 2 is 2.42 bits per heavy atom. The highest BCUT2D eigenvalue weighted by Gasteiger charge is 2.18. The smallest absolute Gasteiger partial charge is 0.274 e. The number of carbonyl (C=O) groups excluding carboxylic acids is 1. The predicted octanol–water partition coefficient (Wildman–Crippen LogP) is 0.727. The Morgan fingerprint density at radius 3 is 3.11 bits per heavy atom. The van der Waals surface area contributed by atoms with E-state index in [9.17, 15) is 9.59 Å². The molecule has 6 heteroatoms. The first-order chi connectivity index (χ1) is 9.08. The third-order valence-corrected chi connectivity index (χ3v) is 4.30. The third-order valence-electron chi connectivity index (χ3n) is 3.17. The van der Waals surface area contributed by atoms with Gasteiger partial charge in [0.05, 0.1) is 0 Å². The van der Waals surface area contributed by atoms with Gasteiger partial charge in [0.15, 0.2) is 0 Å². The molecule has 104 valence electrons. The number of anilines is 1. The number of pyridine rings is 1. The number of thioether (sulfide) groups is 1. The SMILES string of the molecule is Cc1ccn(C)c(=O)c1NC(=O)CC1CSCCN1. The van der Waals surface area contributed by atoms with Crippen molar-refractivity contribution in [2.75, 3.05) is 23.4 Å². The van der Waals surface area contributed by atoms with Crippen molar-refractivity contribution in [2.24, 2.45) is 7.05 Å². The summed E-state index contributed by atoms with van der Waals surface area (Å²) in [7, 11) is 1.68. The number of nitrogens with zero attached hydrogens (tertiary/aromatic N) is 1. The van der Waals surface area contributed by atoms with Gasteiger partial charge in [0, 0.05) is 43.8 Å². The van der Waals surface area contributed by atoms with Crippen molar-refractivity contribution >= 4 is 23.4 Å². The number of nitrogens with one attached hydrogen (secondary N) is 2. The quantitative estimate of drug-likeness (QED) is 0.857. The van der Waals surface area contributed by atoms with Crippen molar-refractivity contribution in [1.82, 2.24) is 9.88 Å². The van der Waals surface area contributed by atoms with Gasteiger partial charge >= 0.3 is 0 Å². The number of rotatable bonds is 3. The zero-order chi connectivity index (χ0) is 13.8. The van der Waals surface area contributed by atoms with Crippen LogP contribution in [0.2, 0.25) is 0 Å². The van der Waals surface area contributed by atoms with Crippen molar-refractivity contribution < 1.29 is 4.79 Å². The maximum atomic E-state index is 12.0. The van der Waals surface area contributed by atoms with E-state index >= 15 is 0 Å². The van der Waals surface area contributed by atoms with E-state index in [4.69, 9.17) is 0 Å². The van der Waals surface area contributed by atoms with Crippen molar-refractivity contribution in [1.29, 1.82) is 0 Å². The van der Waals surface area contributed by atoms with E-state index in [2.05, 4.69) is 10.6 Å². The first kappa shape index (κ1) is 14.1. The molecule has 0 radical (unpaired) electrons. The summed E-state index contributed by atoms with van der Waals surface area (Å²) < 4.78 is 1.47. The van der Waals surface area contributed by atoms with Gasteiger partial charge in [-0.25, -0.2) is 0 Å². The summed E-state index contributed by atoms with van der Waals surface area (Å²) in [4.78, 5) is 23.9. The normalized spacial score (nSPS) is 19.2. The number of aryl methyl sites for hydroxylation is 2. The van der Waals surface area contributed by atoms with Crippen LogP contribution in [0, 0.1) is 6.92 Å².